The van der Waals surface area contributed by atoms with Gasteiger partial charge in [-0.1, -0.05) is 0 Å². The van der Waals surface area contributed by atoms with E-state index in [1.807, 2.05) is 25.1 Å². The molecule has 0 unspecified atom stereocenters. The fourth-order valence-corrected chi connectivity index (χ4v) is 1.69. The summed E-state index contributed by atoms with van der Waals surface area (Å²) in [4.78, 5) is 8.31. The topological polar surface area (TPSA) is 73.1 Å². The van der Waals surface area contributed by atoms with E-state index in [0.717, 1.165) is 18.8 Å². The molecule has 0 aromatic carbocycles. The maximum absolute atomic E-state index is 5.77. The van der Waals surface area contributed by atoms with Gasteiger partial charge in [0.25, 0.3) is 0 Å². The van der Waals surface area contributed by atoms with Gasteiger partial charge in [0.2, 0.25) is 5.88 Å². The fourth-order valence-electron chi connectivity index (χ4n) is 1.69. The molecule has 0 atom stereocenters. The van der Waals surface area contributed by atoms with Crippen LogP contribution in [0.25, 0.3) is 0 Å². The molecule has 0 aliphatic carbocycles. The Kier molecular flexibility index (Phi) is 4.55. The van der Waals surface area contributed by atoms with Gasteiger partial charge in [0.1, 0.15) is 5.82 Å². The molecule has 0 aliphatic rings. The van der Waals surface area contributed by atoms with Gasteiger partial charge in [0, 0.05) is 18.9 Å². The van der Waals surface area contributed by atoms with Gasteiger partial charge >= 0.3 is 0 Å². The second-order valence-electron chi connectivity index (χ2n) is 4.06. The number of nitrogens with one attached hydrogen (secondary N) is 1. The van der Waals surface area contributed by atoms with Crippen LogP contribution in [0.15, 0.2) is 36.7 Å². The summed E-state index contributed by atoms with van der Waals surface area (Å²) >= 11 is 0. The molecule has 0 saturated heterocycles. The maximum atomic E-state index is 5.77. The Bertz CT molecular complexity index is 516. The van der Waals surface area contributed by atoms with Gasteiger partial charge in [0.05, 0.1) is 12.3 Å². The lowest BCUT2D eigenvalue weighted by Gasteiger charge is -2.09. The Balaban J connectivity index is 1.91. The molecule has 0 bridgehead atoms. The van der Waals surface area contributed by atoms with E-state index < -0.39 is 0 Å². The molecular weight excluding hydrogens is 240 g/mol. The van der Waals surface area contributed by atoms with Crippen molar-refractivity contribution >= 4 is 11.5 Å². The van der Waals surface area contributed by atoms with Crippen LogP contribution in [0, 0.1) is 0 Å². The fraction of sp³-hybridized carbons (Fsp3) is 0.286. The number of hydrogen-bond acceptors (Lipinski definition) is 5. The third-order valence-corrected chi connectivity index (χ3v) is 2.64. The SMILES string of the molecule is CCOc1nc(NCCc2ccncc2)ccc1N. The zero-order chi connectivity index (χ0) is 13.5. The predicted octanol–water partition coefficient (Wildman–Crippen LogP) is 2.11. The maximum Gasteiger partial charge on any atom is 0.239 e. The first-order valence-electron chi connectivity index (χ1n) is 6.31. The highest BCUT2D eigenvalue weighted by Crippen LogP contribution is 2.20. The molecule has 2 rings (SSSR count). The molecule has 0 fully saturated rings. The van der Waals surface area contributed by atoms with Crippen molar-refractivity contribution in [1.29, 1.82) is 0 Å². The predicted molar refractivity (Wildman–Crippen MR) is 76.2 cm³/mol. The summed E-state index contributed by atoms with van der Waals surface area (Å²) in [5, 5.41) is 3.25. The van der Waals surface area contributed by atoms with Crippen molar-refractivity contribution in [2.24, 2.45) is 0 Å². The quantitative estimate of drug-likeness (QED) is 0.830. The molecule has 2 aromatic heterocycles. The zero-order valence-electron chi connectivity index (χ0n) is 11.0. The number of hydrogen-bond donors (Lipinski definition) is 2. The molecule has 5 nitrogen and oxygen atoms in total. The molecule has 5 heteroatoms. The van der Waals surface area contributed by atoms with Crippen molar-refractivity contribution in [1.82, 2.24) is 9.97 Å². The summed E-state index contributed by atoms with van der Waals surface area (Å²) in [7, 11) is 0. The molecule has 19 heavy (non-hydrogen) atoms. The largest absolute Gasteiger partial charge is 0.476 e. The average molecular weight is 258 g/mol. The molecule has 2 heterocycles. The van der Waals surface area contributed by atoms with Crippen LogP contribution in [0.1, 0.15) is 12.5 Å². The Labute approximate surface area is 112 Å². The summed E-state index contributed by atoms with van der Waals surface area (Å²) in [6.07, 6.45) is 4.51. The van der Waals surface area contributed by atoms with Gasteiger partial charge in [-0.3, -0.25) is 4.98 Å². The first kappa shape index (κ1) is 13.1. The molecular formula is C14H18N4O. The smallest absolute Gasteiger partial charge is 0.239 e. The zero-order valence-corrected chi connectivity index (χ0v) is 11.0. The summed E-state index contributed by atoms with van der Waals surface area (Å²) in [6, 6.07) is 7.66. The number of aromatic nitrogens is 2. The number of ether oxygens (including phenoxy) is 1. The van der Waals surface area contributed by atoms with Crippen LogP contribution in [0.2, 0.25) is 0 Å². The van der Waals surface area contributed by atoms with Gasteiger partial charge in [-0.15, -0.1) is 0 Å². The molecule has 0 saturated carbocycles. The van der Waals surface area contributed by atoms with Crippen molar-refractivity contribution in [2.45, 2.75) is 13.3 Å². The molecule has 0 radical (unpaired) electrons. The number of rotatable bonds is 6. The number of nitrogens with zero attached hydrogens (tertiary/aromatic N) is 2. The highest BCUT2D eigenvalue weighted by atomic mass is 16.5. The second kappa shape index (κ2) is 6.58. The van der Waals surface area contributed by atoms with E-state index in [1.54, 1.807) is 18.5 Å². The van der Waals surface area contributed by atoms with E-state index in [4.69, 9.17) is 10.5 Å². The van der Waals surface area contributed by atoms with E-state index in [-0.39, 0.29) is 0 Å². The monoisotopic (exact) mass is 258 g/mol. The van der Waals surface area contributed by atoms with E-state index in [0.29, 0.717) is 18.2 Å². The Morgan fingerprint density at radius 3 is 2.74 bits per heavy atom. The first-order chi connectivity index (χ1) is 9.29. The van der Waals surface area contributed by atoms with E-state index in [1.165, 1.54) is 5.56 Å². The van der Waals surface area contributed by atoms with Crippen molar-refractivity contribution in [3.05, 3.63) is 42.2 Å². The minimum atomic E-state index is 0.483. The number of pyridine rings is 2. The molecule has 3 N–H and O–H groups in total. The van der Waals surface area contributed by atoms with Gasteiger partial charge in [-0.05, 0) is 43.2 Å². The van der Waals surface area contributed by atoms with Crippen LogP contribution in [0.3, 0.4) is 0 Å². The normalized spacial score (nSPS) is 10.2. The Hall–Kier alpha value is -2.30. The first-order valence-corrected chi connectivity index (χ1v) is 6.31. The van der Waals surface area contributed by atoms with E-state index >= 15 is 0 Å². The molecule has 2 aromatic rings. The van der Waals surface area contributed by atoms with Gasteiger partial charge < -0.3 is 15.8 Å². The molecule has 0 aliphatic heterocycles. The standard InChI is InChI=1S/C14H18N4O/c1-2-19-14-12(15)3-4-13(18-14)17-10-7-11-5-8-16-9-6-11/h3-6,8-9H,2,7,10,15H2,1H3,(H,17,18). The van der Waals surface area contributed by atoms with Crippen LogP contribution in [0.4, 0.5) is 11.5 Å². The van der Waals surface area contributed by atoms with Crippen LogP contribution in [-0.2, 0) is 6.42 Å². The van der Waals surface area contributed by atoms with E-state index in [2.05, 4.69) is 15.3 Å². The molecule has 0 amide bonds. The summed E-state index contributed by atoms with van der Waals surface area (Å²) in [6.45, 7) is 3.26. The lowest BCUT2D eigenvalue weighted by molar-refractivity contribution is 0.329. The van der Waals surface area contributed by atoms with Gasteiger partial charge in [-0.25, -0.2) is 0 Å². The van der Waals surface area contributed by atoms with Crippen LogP contribution in [-0.4, -0.2) is 23.1 Å². The molecule has 100 valence electrons. The third-order valence-electron chi connectivity index (χ3n) is 2.64. The van der Waals surface area contributed by atoms with Gasteiger partial charge in [-0.2, -0.15) is 4.98 Å². The average Bonchev–Trinajstić information content (AvgIpc) is 2.44. The van der Waals surface area contributed by atoms with Crippen molar-refractivity contribution in [3.63, 3.8) is 0 Å². The van der Waals surface area contributed by atoms with Crippen molar-refractivity contribution in [2.75, 3.05) is 24.2 Å². The highest BCUT2D eigenvalue weighted by molar-refractivity contribution is 5.53. The summed E-state index contributed by atoms with van der Waals surface area (Å²) in [5.74, 6) is 1.25. The lowest BCUT2D eigenvalue weighted by atomic mass is 10.2. The number of nitrogens with two attached hydrogens (primary N) is 1. The van der Waals surface area contributed by atoms with Crippen LogP contribution in [0.5, 0.6) is 5.88 Å². The number of nitrogen functional groups attached to an aromatic ring is 1. The minimum Gasteiger partial charge on any atom is -0.476 e. The Morgan fingerprint density at radius 2 is 2.00 bits per heavy atom. The van der Waals surface area contributed by atoms with Gasteiger partial charge in [0.15, 0.2) is 0 Å². The lowest BCUT2D eigenvalue weighted by Crippen LogP contribution is -2.08. The minimum absolute atomic E-state index is 0.483. The third kappa shape index (κ3) is 3.84. The van der Waals surface area contributed by atoms with Crippen LogP contribution < -0.4 is 15.8 Å². The Morgan fingerprint density at radius 1 is 1.21 bits per heavy atom. The molecule has 0 spiro atoms. The second-order valence-corrected chi connectivity index (χ2v) is 4.06. The van der Waals surface area contributed by atoms with Crippen molar-refractivity contribution in [3.8, 4) is 5.88 Å². The van der Waals surface area contributed by atoms with Crippen molar-refractivity contribution < 1.29 is 4.74 Å². The highest BCUT2D eigenvalue weighted by Gasteiger charge is 2.03. The van der Waals surface area contributed by atoms with Crippen LogP contribution >= 0.6 is 0 Å². The number of anilines is 2. The summed E-state index contributed by atoms with van der Waals surface area (Å²) < 4.78 is 5.36. The van der Waals surface area contributed by atoms with E-state index in [9.17, 15) is 0 Å². The summed E-state index contributed by atoms with van der Waals surface area (Å²) in [5.41, 5.74) is 7.57.